The second kappa shape index (κ2) is 8.25. The summed E-state index contributed by atoms with van der Waals surface area (Å²) in [5, 5.41) is 0. The molecule has 85 valence electrons. The van der Waals surface area contributed by atoms with Gasteiger partial charge in [0.2, 0.25) is 0 Å². The van der Waals surface area contributed by atoms with Crippen LogP contribution in [0.1, 0.15) is 64.7 Å². The summed E-state index contributed by atoms with van der Waals surface area (Å²) in [6, 6.07) is 0. The molecule has 4 N–H and O–H groups in total. The highest BCUT2D eigenvalue weighted by Crippen LogP contribution is 2.12. The molecular weight excluding hydrogens is 172 g/mol. The van der Waals surface area contributed by atoms with Crippen molar-refractivity contribution in [3.8, 4) is 0 Å². The quantitative estimate of drug-likeness (QED) is 0.443. The van der Waals surface area contributed by atoms with Crippen LogP contribution in [0, 0.1) is 6.92 Å². The van der Waals surface area contributed by atoms with Gasteiger partial charge < -0.3 is 11.5 Å². The second-order valence-electron chi connectivity index (χ2n) is 4.31. The lowest BCUT2D eigenvalue weighted by Crippen LogP contribution is -2.48. The lowest BCUT2D eigenvalue weighted by Gasteiger charge is -2.22. The third-order valence-corrected chi connectivity index (χ3v) is 2.80. The lowest BCUT2D eigenvalue weighted by molar-refractivity contribution is 0.374. The van der Waals surface area contributed by atoms with Gasteiger partial charge in [-0.25, -0.2) is 0 Å². The van der Waals surface area contributed by atoms with E-state index in [1.807, 2.05) is 6.92 Å². The van der Waals surface area contributed by atoms with Gasteiger partial charge in [-0.05, 0) is 12.8 Å². The van der Waals surface area contributed by atoms with Crippen molar-refractivity contribution < 1.29 is 0 Å². The Hall–Kier alpha value is -0.0800. The van der Waals surface area contributed by atoms with Crippen LogP contribution in [0.5, 0.6) is 0 Å². The van der Waals surface area contributed by atoms with E-state index in [0.29, 0.717) is 0 Å². The van der Waals surface area contributed by atoms with Gasteiger partial charge in [-0.2, -0.15) is 0 Å². The minimum atomic E-state index is -0.423. The van der Waals surface area contributed by atoms with E-state index in [1.165, 1.54) is 38.5 Å². The summed E-state index contributed by atoms with van der Waals surface area (Å²) in [7, 11) is 0. The molecule has 0 atom stereocenters. The molecule has 0 aromatic carbocycles. The highest BCUT2D eigenvalue weighted by atomic mass is 14.9. The Morgan fingerprint density at radius 2 is 1.43 bits per heavy atom. The molecule has 0 aromatic heterocycles. The Morgan fingerprint density at radius 3 is 1.93 bits per heavy atom. The van der Waals surface area contributed by atoms with Crippen molar-refractivity contribution in [3.63, 3.8) is 0 Å². The predicted octanol–water partition coefficient (Wildman–Crippen LogP) is 2.96. The van der Waals surface area contributed by atoms with E-state index in [-0.39, 0.29) is 0 Å². The van der Waals surface area contributed by atoms with Crippen LogP contribution in [0.4, 0.5) is 0 Å². The van der Waals surface area contributed by atoms with Gasteiger partial charge in [-0.1, -0.05) is 58.8 Å². The molecule has 14 heavy (non-hydrogen) atoms. The summed E-state index contributed by atoms with van der Waals surface area (Å²) >= 11 is 0. The first-order valence-electron chi connectivity index (χ1n) is 5.99. The molecular formula is C12H27N2. The van der Waals surface area contributed by atoms with Gasteiger partial charge in [0, 0.05) is 0 Å². The zero-order chi connectivity index (χ0) is 10.9. The van der Waals surface area contributed by atoms with Crippen LogP contribution in [0.25, 0.3) is 0 Å². The maximum absolute atomic E-state index is 5.85. The molecule has 0 rings (SSSR count). The lowest BCUT2D eigenvalue weighted by atomic mass is 10.00. The van der Waals surface area contributed by atoms with Gasteiger partial charge in [0.15, 0.2) is 0 Å². The van der Waals surface area contributed by atoms with Gasteiger partial charge in [0.05, 0.1) is 5.66 Å². The molecule has 0 bridgehead atoms. The van der Waals surface area contributed by atoms with Crippen molar-refractivity contribution in [2.75, 3.05) is 0 Å². The van der Waals surface area contributed by atoms with Crippen molar-refractivity contribution in [1.82, 2.24) is 0 Å². The Morgan fingerprint density at radius 1 is 0.929 bits per heavy atom. The first kappa shape index (κ1) is 13.9. The van der Waals surface area contributed by atoms with Crippen molar-refractivity contribution in [1.29, 1.82) is 0 Å². The van der Waals surface area contributed by atoms with Gasteiger partial charge in [0.1, 0.15) is 0 Å². The monoisotopic (exact) mass is 199 g/mol. The van der Waals surface area contributed by atoms with Crippen molar-refractivity contribution >= 4 is 0 Å². The molecule has 1 radical (unpaired) electrons. The van der Waals surface area contributed by atoms with E-state index in [2.05, 4.69) is 6.92 Å². The Bertz CT molecular complexity index is 121. The third kappa shape index (κ3) is 8.52. The number of hydrogen-bond donors (Lipinski definition) is 2. The fourth-order valence-electron chi connectivity index (χ4n) is 1.51. The minimum Gasteiger partial charge on any atom is -0.314 e. The highest BCUT2D eigenvalue weighted by Gasteiger charge is 2.14. The first-order valence-corrected chi connectivity index (χ1v) is 5.99. The van der Waals surface area contributed by atoms with Gasteiger partial charge in [0.25, 0.3) is 0 Å². The van der Waals surface area contributed by atoms with Gasteiger partial charge >= 0.3 is 0 Å². The average Bonchev–Trinajstić information content (AvgIpc) is 2.16. The zero-order valence-corrected chi connectivity index (χ0v) is 9.73. The fraction of sp³-hybridized carbons (Fsp3) is 0.917. The largest absolute Gasteiger partial charge is 0.314 e. The SMILES string of the molecule is [CH2]CCCCCCCCC(N)(N)CC. The van der Waals surface area contributed by atoms with Crippen LogP contribution in [0.2, 0.25) is 0 Å². The maximum Gasteiger partial charge on any atom is 0.0633 e. The van der Waals surface area contributed by atoms with Crippen molar-refractivity contribution in [2.45, 2.75) is 70.4 Å². The number of nitrogens with two attached hydrogens (primary N) is 2. The van der Waals surface area contributed by atoms with Crippen LogP contribution in [0.15, 0.2) is 0 Å². The molecule has 0 spiro atoms. The molecule has 0 aliphatic carbocycles. The van der Waals surface area contributed by atoms with E-state index in [0.717, 1.165) is 19.3 Å². The van der Waals surface area contributed by atoms with Crippen LogP contribution >= 0.6 is 0 Å². The second-order valence-corrected chi connectivity index (χ2v) is 4.31. The molecule has 0 unspecified atom stereocenters. The standard InChI is InChI=1S/C12H27N2/c1-3-5-6-7-8-9-10-11-12(13,14)4-2/h1,3-11,13-14H2,2H3. The van der Waals surface area contributed by atoms with Crippen LogP contribution in [0.3, 0.4) is 0 Å². The molecule has 0 aliphatic heterocycles. The molecule has 2 nitrogen and oxygen atoms in total. The average molecular weight is 199 g/mol. The molecule has 0 saturated heterocycles. The molecule has 0 saturated carbocycles. The summed E-state index contributed by atoms with van der Waals surface area (Å²) in [5.41, 5.74) is 11.3. The van der Waals surface area contributed by atoms with E-state index in [4.69, 9.17) is 11.5 Å². The topological polar surface area (TPSA) is 52.0 Å². The molecule has 0 fully saturated rings. The van der Waals surface area contributed by atoms with Gasteiger partial charge in [-0.3, -0.25) is 0 Å². The highest BCUT2D eigenvalue weighted by molar-refractivity contribution is 4.73. The van der Waals surface area contributed by atoms with Crippen LogP contribution in [-0.4, -0.2) is 5.66 Å². The zero-order valence-electron chi connectivity index (χ0n) is 9.73. The van der Waals surface area contributed by atoms with E-state index in [9.17, 15) is 0 Å². The summed E-state index contributed by atoms with van der Waals surface area (Å²) in [5.74, 6) is 0. The summed E-state index contributed by atoms with van der Waals surface area (Å²) in [6.07, 6.45) is 10.6. The minimum absolute atomic E-state index is 0.423. The summed E-state index contributed by atoms with van der Waals surface area (Å²) in [6.45, 7) is 5.88. The number of hydrogen-bond acceptors (Lipinski definition) is 2. The van der Waals surface area contributed by atoms with E-state index >= 15 is 0 Å². The number of rotatable bonds is 9. The molecule has 0 aromatic rings. The van der Waals surface area contributed by atoms with E-state index < -0.39 is 5.66 Å². The predicted molar refractivity (Wildman–Crippen MR) is 63.7 cm³/mol. The molecule has 0 amide bonds. The third-order valence-electron chi connectivity index (χ3n) is 2.80. The van der Waals surface area contributed by atoms with E-state index in [1.54, 1.807) is 0 Å². The maximum atomic E-state index is 5.85. The van der Waals surface area contributed by atoms with Gasteiger partial charge in [-0.15, -0.1) is 0 Å². The normalized spacial score (nSPS) is 12.0. The molecule has 2 heteroatoms. The van der Waals surface area contributed by atoms with Crippen molar-refractivity contribution in [3.05, 3.63) is 6.92 Å². The van der Waals surface area contributed by atoms with Crippen molar-refractivity contribution in [2.24, 2.45) is 11.5 Å². The Kier molecular flexibility index (Phi) is 8.20. The summed E-state index contributed by atoms with van der Waals surface area (Å²) < 4.78 is 0. The molecule has 0 aliphatic rings. The smallest absolute Gasteiger partial charge is 0.0633 e. The van der Waals surface area contributed by atoms with Crippen LogP contribution in [-0.2, 0) is 0 Å². The summed E-state index contributed by atoms with van der Waals surface area (Å²) in [4.78, 5) is 0. The molecule has 0 heterocycles. The number of unbranched alkanes of at least 4 members (excludes halogenated alkanes) is 6. The first-order chi connectivity index (χ1) is 6.62. The Balaban J connectivity index is 3.13. The fourth-order valence-corrected chi connectivity index (χ4v) is 1.51. The van der Waals surface area contributed by atoms with Crippen LogP contribution < -0.4 is 11.5 Å². The Labute approximate surface area is 89.4 Å².